The van der Waals surface area contributed by atoms with E-state index in [9.17, 15) is 13.2 Å². The van der Waals surface area contributed by atoms with Crippen LogP contribution in [0.25, 0.3) is 0 Å². The molecular weight excluding hydrogens is 340 g/mol. The standard InChI is InChI=1S/C11H11ClN2O3S3/c1-6(9-3-4-10(19-9)20(12,16)17)13-11(15)8-5-18-7(2)14-8/h3-6H,1-2H3,(H,13,15). The minimum atomic E-state index is -3.73. The summed E-state index contributed by atoms with van der Waals surface area (Å²) in [5, 5.41) is 5.26. The molecule has 20 heavy (non-hydrogen) atoms. The summed E-state index contributed by atoms with van der Waals surface area (Å²) < 4.78 is 22.5. The molecule has 108 valence electrons. The number of hydrogen-bond acceptors (Lipinski definition) is 6. The third-order valence-corrected chi connectivity index (χ3v) is 6.60. The Morgan fingerprint density at radius 2 is 2.15 bits per heavy atom. The molecule has 2 aromatic heterocycles. The second-order valence-electron chi connectivity index (χ2n) is 4.04. The predicted octanol–water partition coefficient (Wildman–Crippen LogP) is 2.93. The molecule has 0 spiro atoms. The van der Waals surface area contributed by atoms with Crippen LogP contribution in [0.2, 0.25) is 0 Å². The van der Waals surface area contributed by atoms with Crippen molar-refractivity contribution in [2.75, 3.05) is 0 Å². The highest BCUT2D eigenvalue weighted by atomic mass is 35.7. The molecule has 0 saturated carbocycles. The Hall–Kier alpha value is -0.960. The van der Waals surface area contributed by atoms with E-state index in [1.807, 2.05) is 6.92 Å². The third-order valence-electron chi connectivity index (χ3n) is 2.47. The van der Waals surface area contributed by atoms with Gasteiger partial charge in [-0.1, -0.05) is 0 Å². The van der Waals surface area contributed by atoms with Gasteiger partial charge in [0.25, 0.3) is 15.0 Å². The van der Waals surface area contributed by atoms with Crippen molar-refractivity contribution in [3.8, 4) is 0 Å². The fourth-order valence-corrected chi connectivity index (χ4v) is 4.20. The van der Waals surface area contributed by atoms with Gasteiger partial charge in [-0.25, -0.2) is 13.4 Å². The van der Waals surface area contributed by atoms with Gasteiger partial charge in [0, 0.05) is 20.9 Å². The van der Waals surface area contributed by atoms with E-state index in [0.29, 0.717) is 10.6 Å². The first-order chi connectivity index (χ1) is 9.27. The molecule has 1 N–H and O–H groups in total. The fraction of sp³-hybridized carbons (Fsp3) is 0.273. The molecule has 0 fully saturated rings. The number of carbonyl (C=O) groups is 1. The van der Waals surface area contributed by atoms with Crippen LogP contribution in [0, 0.1) is 6.92 Å². The Labute approximate surface area is 129 Å². The molecule has 0 aliphatic rings. The van der Waals surface area contributed by atoms with Crippen molar-refractivity contribution < 1.29 is 13.2 Å². The first-order valence-corrected chi connectivity index (χ1v) is 9.55. The highest BCUT2D eigenvalue weighted by Gasteiger charge is 2.18. The van der Waals surface area contributed by atoms with E-state index in [0.717, 1.165) is 16.3 Å². The number of thiazole rings is 1. The van der Waals surface area contributed by atoms with Crippen LogP contribution in [0.15, 0.2) is 21.7 Å². The maximum Gasteiger partial charge on any atom is 0.271 e. The van der Waals surface area contributed by atoms with Crippen LogP contribution in [0.5, 0.6) is 0 Å². The van der Waals surface area contributed by atoms with E-state index < -0.39 is 9.05 Å². The summed E-state index contributed by atoms with van der Waals surface area (Å²) in [6.07, 6.45) is 0. The number of carbonyl (C=O) groups excluding carboxylic acids is 1. The van der Waals surface area contributed by atoms with Crippen LogP contribution in [-0.4, -0.2) is 19.3 Å². The molecule has 1 unspecified atom stereocenters. The van der Waals surface area contributed by atoms with Crippen LogP contribution in [-0.2, 0) is 9.05 Å². The fourth-order valence-electron chi connectivity index (χ4n) is 1.51. The molecule has 2 heterocycles. The smallest absolute Gasteiger partial charge is 0.271 e. The lowest BCUT2D eigenvalue weighted by atomic mass is 10.2. The van der Waals surface area contributed by atoms with E-state index in [-0.39, 0.29) is 16.2 Å². The van der Waals surface area contributed by atoms with Gasteiger partial charge in [-0.2, -0.15) is 0 Å². The molecule has 2 aromatic rings. The Balaban J connectivity index is 2.10. The van der Waals surface area contributed by atoms with Crippen molar-refractivity contribution in [3.05, 3.63) is 33.1 Å². The zero-order valence-corrected chi connectivity index (χ0v) is 13.8. The number of thiophene rings is 1. The molecule has 9 heteroatoms. The minimum Gasteiger partial charge on any atom is -0.343 e. The van der Waals surface area contributed by atoms with Gasteiger partial charge in [0.1, 0.15) is 9.90 Å². The predicted molar refractivity (Wildman–Crippen MR) is 80.1 cm³/mol. The largest absolute Gasteiger partial charge is 0.343 e. The van der Waals surface area contributed by atoms with E-state index in [4.69, 9.17) is 10.7 Å². The highest BCUT2D eigenvalue weighted by molar-refractivity contribution is 8.15. The summed E-state index contributed by atoms with van der Waals surface area (Å²) in [7, 11) is 1.54. The van der Waals surface area contributed by atoms with Crippen LogP contribution < -0.4 is 5.32 Å². The quantitative estimate of drug-likeness (QED) is 0.860. The molecular formula is C11H11ClN2O3S3. The van der Waals surface area contributed by atoms with Gasteiger partial charge in [0.2, 0.25) is 0 Å². The zero-order chi connectivity index (χ0) is 14.9. The average molecular weight is 351 g/mol. The third kappa shape index (κ3) is 3.57. The maximum absolute atomic E-state index is 11.9. The van der Waals surface area contributed by atoms with Crippen LogP contribution >= 0.6 is 33.4 Å². The summed E-state index contributed by atoms with van der Waals surface area (Å²) in [4.78, 5) is 16.7. The normalized spacial score (nSPS) is 13.2. The summed E-state index contributed by atoms with van der Waals surface area (Å²) in [5.41, 5.74) is 0.362. The SMILES string of the molecule is Cc1nc(C(=O)NC(C)c2ccc(S(=O)(=O)Cl)s2)cs1. The van der Waals surface area contributed by atoms with Gasteiger partial charge in [-0.3, -0.25) is 4.79 Å². The van der Waals surface area contributed by atoms with Crippen molar-refractivity contribution in [2.24, 2.45) is 0 Å². The summed E-state index contributed by atoms with van der Waals surface area (Å²) in [5.74, 6) is -0.287. The maximum atomic E-state index is 11.9. The van der Waals surface area contributed by atoms with Crippen molar-refractivity contribution in [1.29, 1.82) is 0 Å². The van der Waals surface area contributed by atoms with Crippen LogP contribution in [0.4, 0.5) is 0 Å². The number of amides is 1. The molecule has 0 aliphatic carbocycles. The van der Waals surface area contributed by atoms with Crippen molar-refractivity contribution in [3.63, 3.8) is 0 Å². The lowest BCUT2D eigenvalue weighted by Gasteiger charge is -2.10. The summed E-state index contributed by atoms with van der Waals surface area (Å²) in [6, 6.07) is 2.75. The molecule has 0 bridgehead atoms. The van der Waals surface area contributed by atoms with Gasteiger partial charge in [0.15, 0.2) is 0 Å². The summed E-state index contributed by atoms with van der Waals surface area (Å²) >= 11 is 2.43. The number of rotatable bonds is 4. The second kappa shape index (κ2) is 5.80. The van der Waals surface area contributed by atoms with Gasteiger partial charge in [-0.05, 0) is 26.0 Å². The van der Waals surface area contributed by atoms with E-state index in [1.54, 1.807) is 18.4 Å². The Kier molecular flexibility index (Phi) is 4.48. The topological polar surface area (TPSA) is 76.1 Å². The molecule has 2 rings (SSSR count). The van der Waals surface area contributed by atoms with Crippen LogP contribution in [0.3, 0.4) is 0 Å². The number of halogens is 1. The van der Waals surface area contributed by atoms with Crippen LogP contribution in [0.1, 0.15) is 33.3 Å². The molecule has 0 saturated heterocycles. The highest BCUT2D eigenvalue weighted by Crippen LogP contribution is 2.28. The van der Waals surface area contributed by atoms with Crippen molar-refractivity contribution in [2.45, 2.75) is 24.1 Å². The summed E-state index contributed by atoms with van der Waals surface area (Å²) in [6.45, 7) is 3.59. The lowest BCUT2D eigenvalue weighted by molar-refractivity contribution is 0.0936. The Morgan fingerprint density at radius 1 is 1.45 bits per heavy atom. The number of hydrogen-bond donors (Lipinski definition) is 1. The van der Waals surface area contributed by atoms with Gasteiger partial charge < -0.3 is 5.32 Å². The average Bonchev–Trinajstić information content (AvgIpc) is 2.95. The van der Waals surface area contributed by atoms with Crippen molar-refractivity contribution >= 4 is 48.3 Å². The second-order valence-corrected chi connectivity index (χ2v) is 9.01. The molecule has 1 amide bonds. The number of aryl methyl sites for hydroxylation is 1. The molecule has 1 atom stereocenters. The van der Waals surface area contributed by atoms with E-state index in [2.05, 4.69) is 10.3 Å². The molecule has 0 aromatic carbocycles. The van der Waals surface area contributed by atoms with E-state index >= 15 is 0 Å². The van der Waals surface area contributed by atoms with Crippen molar-refractivity contribution in [1.82, 2.24) is 10.3 Å². The van der Waals surface area contributed by atoms with Gasteiger partial charge in [-0.15, -0.1) is 22.7 Å². The molecule has 5 nitrogen and oxygen atoms in total. The number of aromatic nitrogens is 1. The number of nitrogens with zero attached hydrogens (tertiary/aromatic N) is 1. The number of nitrogens with one attached hydrogen (secondary N) is 1. The Morgan fingerprint density at radius 3 is 2.65 bits per heavy atom. The Bertz CT molecular complexity index is 736. The molecule has 0 aliphatic heterocycles. The first-order valence-electron chi connectivity index (χ1n) is 5.55. The monoisotopic (exact) mass is 350 g/mol. The van der Waals surface area contributed by atoms with Gasteiger partial charge >= 0.3 is 0 Å². The zero-order valence-electron chi connectivity index (χ0n) is 10.6. The van der Waals surface area contributed by atoms with E-state index in [1.165, 1.54) is 17.4 Å². The lowest BCUT2D eigenvalue weighted by Crippen LogP contribution is -2.26. The first kappa shape index (κ1) is 15.4. The van der Waals surface area contributed by atoms with Gasteiger partial charge in [0.05, 0.1) is 11.0 Å². The molecule has 0 radical (unpaired) electrons. The minimum absolute atomic E-state index is 0.0692.